The molecule has 0 saturated heterocycles. The molecular weight excluding hydrogens is 256 g/mol. The Morgan fingerprint density at radius 3 is 2.60 bits per heavy atom. The van der Waals surface area contributed by atoms with E-state index in [-0.39, 0.29) is 5.69 Å². The molecule has 5 nitrogen and oxygen atoms in total. The fourth-order valence-electron chi connectivity index (χ4n) is 2.02. The third-order valence-corrected chi connectivity index (χ3v) is 2.99. The maximum absolute atomic E-state index is 11.0. The molecule has 0 aliphatic heterocycles. The number of para-hydroxylation sites is 2. The van der Waals surface area contributed by atoms with E-state index in [2.05, 4.69) is 4.98 Å². The monoisotopic (exact) mass is 268 g/mol. The summed E-state index contributed by atoms with van der Waals surface area (Å²) in [5, 5.41) is 9.72. The Kier molecular flexibility index (Phi) is 2.80. The van der Waals surface area contributed by atoms with E-state index in [9.17, 15) is 4.79 Å². The van der Waals surface area contributed by atoms with Crippen molar-refractivity contribution in [1.29, 1.82) is 0 Å². The molecule has 100 valence electrons. The lowest BCUT2D eigenvalue weighted by molar-refractivity contribution is 0.0691. The highest BCUT2D eigenvalue weighted by atomic mass is 16.5. The lowest BCUT2D eigenvalue weighted by Crippen LogP contribution is -1.94. The zero-order chi connectivity index (χ0) is 14.1. The van der Waals surface area contributed by atoms with Crippen molar-refractivity contribution in [1.82, 2.24) is 4.98 Å². The van der Waals surface area contributed by atoms with Crippen molar-refractivity contribution in [3.05, 3.63) is 54.2 Å². The second-order valence-corrected chi connectivity index (χ2v) is 4.35. The summed E-state index contributed by atoms with van der Waals surface area (Å²) >= 11 is 0. The van der Waals surface area contributed by atoms with E-state index >= 15 is 0 Å². The van der Waals surface area contributed by atoms with Crippen molar-refractivity contribution in [2.75, 3.05) is 5.73 Å². The maximum atomic E-state index is 11.0. The Morgan fingerprint density at radius 1 is 1.10 bits per heavy atom. The lowest BCUT2D eigenvalue weighted by Gasteiger charge is -2.08. The molecule has 0 unspecified atom stereocenters. The number of carboxylic acids is 1. The van der Waals surface area contributed by atoms with E-state index in [0.717, 1.165) is 0 Å². The van der Waals surface area contributed by atoms with Gasteiger partial charge in [-0.1, -0.05) is 18.2 Å². The van der Waals surface area contributed by atoms with Crippen LogP contribution in [-0.2, 0) is 0 Å². The second kappa shape index (κ2) is 4.62. The second-order valence-electron chi connectivity index (χ2n) is 4.35. The molecule has 1 aromatic heterocycles. The number of hydrogen-bond donors (Lipinski definition) is 3. The molecule has 1 heterocycles. The van der Waals surface area contributed by atoms with E-state index in [0.29, 0.717) is 28.1 Å². The number of fused-ring (bicyclic) bond motifs is 1. The predicted octanol–water partition coefficient (Wildman–Crippen LogP) is 3.24. The number of nitrogens with one attached hydrogen (secondary N) is 1. The van der Waals surface area contributed by atoms with Crippen molar-refractivity contribution in [3.63, 3.8) is 0 Å². The van der Waals surface area contributed by atoms with E-state index in [1.54, 1.807) is 36.4 Å². The summed E-state index contributed by atoms with van der Waals surface area (Å²) < 4.78 is 5.78. The van der Waals surface area contributed by atoms with E-state index in [4.69, 9.17) is 15.6 Å². The first-order chi connectivity index (χ1) is 9.65. The van der Waals surface area contributed by atoms with Crippen molar-refractivity contribution in [2.24, 2.45) is 0 Å². The van der Waals surface area contributed by atoms with Crippen LogP contribution in [0.4, 0.5) is 5.69 Å². The first kappa shape index (κ1) is 12.1. The van der Waals surface area contributed by atoms with Crippen LogP contribution in [0.2, 0.25) is 0 Å². The predicted molar refractivity (Wildman–Crippen MR) is 76.2 cm³/mol. The van der Waals surface area contributed by atoms with Gasteiger partial charge in [-0.25, -0.2) is 4.79 Å². The number of anilines is 1. The van der Waals surface area contributed by atoms with E-state index in [1.807, 2.05) is 12.1 Å². The van der Waals surface area contributed by atoms with Gasteiger partial charge in [0.25, 0.3) is 0 Å². The van der Waals surface area contributed by atoms with Gasteiger partial charge in [-0.3, -0.25) is 0 Å². The van der Waals surface area contributed by atoms with Crippen molar-refractivity contribution in [3.8, 4) is 11.5 Å². The number of aromatic carboxylic acids is 1. The molecule has 0 amide bonds. The van der Waals surface area contributed by atoms with Gasteiger partial charge in [0, 0.05) is 10.9 Å². The SMILES string of the molecule is Nc1ccccc1Oc1cccc2[nH]c(C(=O)O)cc12. The molecule has 0 saturated carbocycles. The summed E-state index contributed by atoms with van der Waals surface area (Å²) in [4.78, 5) is 13.8. The minimum absolute atomic E-state index is 0.122. The molecule has 5 heteroatoms. The van der Waals surface area contributed by atoms with Crippen molar-refractivity contribution >= 4 is 22.6 Å². The van der Waals surface area contributed by atoms with Crippen LogP contribution in [0.3, 0.4) is 0 Å². The molecule has 3 rings (SSSR count). The molecule has 0 fully saturated rings. The normalized spacial score (nSPS) is 10.6. The van der Waals surface area contributed by atoms with Crippen molar-refractivity contribution in [2.45, 2.75) is 0 Å². The number of nitrogens with two attached hydrogens (primary N) is 1. The largest absolute Gasteiger partial charge is 0.477 e. The number of benzene rings is 2. The van der Waals surface area contributed by atoms with Crippen LogP contribution in [0.25, 0.3) is 10.9 Å². The molecule has 4 N–H and O–H groups in total. The van der Waals surface area contributed by atoms with Crippen LogP contribution >= 0.6 is 0 Å². The van der Waals surface area contributed by atoms with E-state index in [1.165, 1.54) is 0 Å². The fourth-order valence-corrected chi connectivity index (χ4v) is 2.02. The summed E-state index contributed by atoms with van der Waals surface area (Å²) in [5.41, 5.74) is 7.19. The lowest BCUT2D eigenvalue weighted by atomic mass is 10.2. The summed E-state index contributed by atoms with van der Waals surface area (Å²) in [5.74, 6) is 0.0913. The molecule has 0 atom stereocenters. The van der Waals surface area contributed by atoms with Crippen LogP contribution in [0.15, 0.2) is 48.5 Å². The maximum Gasteiger partial charge on any atom is 0.352 e. The van der Waals surface area contributed by atoms with Crippen molar-refractivity contribution < 1.29 is 14.6 Å². The molecule has 0 radical (unpaired) electrons. The zero-order valence-corrected chi connectivity index (χ0v) is 10.5. The quantitative estimate of drug-likeness (QED) is 0.636. The number of H-pyrrole nitrogens is 1. The molecular formula is C15H12N2O3. The molecule has 0 aliphatic carbocycles. The highest BCUT2D eigenvalue weighted by molar-refractivity contribution is 5.96. The minimum Gasteiger partial charge on any atom is -0.477 e. The average Bonchev–Trinajstić information content (AvgIpc) is 2.86. The van der Waals surface area contributed by atoms with Gasteiger partial charge in [-0.15, -0.1) is 0 Å². The topological polar surface area (TPSA) is 88.3 Å². The Bertz CT molecular complexity index is 793. The summed E-state index contributed by atoms with van der Waals surface area (Å²) in [6.07, 6.45) is 0. The Hall–Kier alpha value is -2.95. The van der Waals surface area contributed by atoms with Gasteiger partial charge in [0.1, 0.15) is 17.2 Å². The standard InChI is InChI=1S/C15H12N2O3/c16-10-4-1-2-6-14(10)20-13-7-3-5-11-9(13)8-12(17-11)15(18)19/h1-8,17H,16H2,(H,18,19). The number of hydrogen-bond acceptors (Lipinski definition) is 3. The highest BCUT2D eigenvalue weighted by Crippen LogP contribution is 2.32. The van der Waals surface area contributed by atoms with Gasteiger partial charge in [-0.05, 0) is 30.3 Å². The molecule has 0 bridgehead atoms. The minimum atomic E-state index is -1.01. The Balaban J connectivity index is 2.08. The van der Waals surface area contributed by atoms with Crippen LogP contribution in [-0.4, -0.2) is 16.1 Å². The molecule has 2 aromatic carbocycles. The van der Waals surface area contributed by atoms with E-state index < -0.39 is 5.97 Å². The van der Waals surface area contributed by atoms with Gasteiger partial charge in [0.2, 0.25) is 0 Å². The number of rotatable bonds is 3. The van der Waals surface area contributed by atoms with Crippen LogP contribution in [0.1, 0.15) is 10.5 Å². The first-order valence-electron chi connectivity index (χ1n) is 6.02. The number of ether oxygens (including phenoxy) is 1. The number of nitrogen functional groups attached to an aromatic ring is 1. The number of aromatic amines is 1. The highest BCUT2D eigenvalue weighted by Gasteiger charge is 2.11. The third kappa shape index (κ3) is 2.05. The van der Waals surface area contributed by atoms with Gasteiger partial charge in [-0.2, -0.15) is 0 Å². The van der Waals surface area contributed by atoms with Crippen LogP contribution in [0, 0.1) is 0 Å². The van der Waals surface area contributed by atoms with Gasteiger partial charge < -0.3 is 20.6 Å². The molecule has 0 spiro atoms. The summed E-state index contributed by atoms with van der Waals surface area (Å²) in [6.45, 7) is 0. The average molecular weight is 268 g/mol. The number of carboxylic acid groups (broad SMARTS) is 1. The first-order valence-corrected chi connectivity index (χ1v) is 6.02. The van der Waals surface area contributed by atoms with Crippen LogP contribution < -0.4 is 10.5 Å². The third-order valence-electron chi connectivity index (χ3n) is 2.99. The zero-order valence-electron chi connectivity index (χ0n) is 10.5. The van der Waals surface area contributed by atoms with Gasteiger partial charge >= 0.3 is 5.97 Å². The fraction of sp³-hybridized carbons (Fsp3) is 0. The number of aromatic nitrogens is 1. The van der Waals surface area contributed by atoms with Gasteiger partial charge in [0.15, 0.2) is 0 Å². The summed E-state index contributed by atoms with van der Waals surface area (Å²) in [6, 6.07) is 14.1. The van der Waals surface area contributed by atoms with Crippen LogP contribution in [0.5, 0.6) is 11.5 Å². The number of carbonyl (C=O) groups is 1. The Labute approximate surface area is 114 Å². The summed E-state index contributed by atoms with van der Waals surface area (Å²) in [7, 11) is 0. The smallest absolute Gasteiger partial charge is 0.352 e. The molecule has 3 aromatic rings. The van der Waals surface area contributed by atoms with Gasteiger partial charge in [0.05, 0.1) is 5.69 Å². The Morgan fingerprint density at radius 2 is 1.85 bits per heavy atom. The molecule has 0 aliphatic rings. The molecule has 20 heavy (non-hydrogen) atoms.